The number of hydrogen-bond donors (Lipinski definition) is 3. The second-order valence-corrected chi connectivity index (χ2v) is 11.5. The van der Waals surface area contributed by atoms with Crippen molar-refractivity contribution in [3.63, 3.8) is 0 Å². The first kappa shape index (κ1) is 25.2. The van der Waals surface area contributed by atoms with Crippen LogP contribution in [0.3, 0.4) is 0 Å². The topological polar surface area (TPSA) is 115 Å². The van der Waals surface area contributed by atoms with Gasteiger partial charge in [-0.3, -0.25) is 5.41 Å². The lowest BCUT2D eigenvalue weighted by Gasteiger charge is -2.43. The first-order valence-electron chi connectivity index (χ1n) is 12.2. The van der Waals surface area contributed by atoms with Gasteiger partial charge in [0.05, 0.1) is 52.3 Å². The van der Waals surface area contributed by atoms with E-state index in [2.05, 4.69) is 19.6 Å². The van der Waals surface area contributed by atoms with E-state index in [4.69, 9.17) is 21.7 Å². The molecule has 3 aromatic rings. The maximum absolute atomic E-state index is 13.3. The van der Waals surface area contributed by atoms with E-state index >= 15 is 0 Å². The lowest BCUT2D eigenvalue weighted by Crippen LogP contribution is -2.57. The van der Waals surface area contributed by atoms with Gasteiger partial charge >= 0.3 is 0 Å². The molecule has 1 aliphatic carbocycles. The summed E-state index contributed by atoms with van der Waals surface area (Å²) in [5, 5.41) is 20.0. The number of benzene rings is 2. The minimum absolute atomic E-state index is 0.244. The van der Waals surface area contributed by atoms with Crippen molar-refractivity contribution < 1.29 is 18.4 Å². The third kappa shape index (κ3) is 4.53. The van der Waals surface area contributed by atoms with E-state index in [0.717, 1.165) is 30.8 Å². The van der Waals surface area contributed by atoms with Crippen molar-refractivity contribution in [2.75, 3.05) is 42.5 Å². The van der Waals surface area contributed by atoms with Crippen LogP contribution >= 0.6 is 11.6 Å². The van der Waals surface area contributed by atoms with Crippen LogP contribution < -0.4 is 9.62 Å². The molecule has 2 aromatic carbocycles. The van der Waals surface area contributed by atoms with Gasteiger partial charge in [0.15, 0.2) is 5.82 Å². The van der Waals surface area contributed by atoms with E-state index in [-0.39, 0.29) is 24.6 Å². The molecule has 0 radical (unpaired) electrons. The van der Waals surface area contributed by atoms with E-state index in [1.807, 2.05) is 4.90 Å². The number of halogens is 2. The molecule has 3 heterocycles. The molecule has 1 unspecified atom stereocenters. The van der Waals surface area contributed by atoms with Gasteiger partial charge in [-0.05, 0) is 42.7 Å². The van der Waals surface area contributed by atoms with Crippen LogP contribution in [0.15, 0.2) is 59.8 Å². The molecular formula is C26H26ClFN6O3S. The molecule has 38 heavy (non-hydrogen) atoms. The monoisotopic (exact) mass is 556 g/mol. The Balaban J connectivity index is 1.20. The van der Waals surface area contributed by atoms with Crippen molar-refractivity contribution in [3.05, 3.63) is 76.8 Å². The minimum atomic E-state index is -1.62. The lowest BCUT2D eigenvalue weighted by atomic mass is 9.92. The Morgan fingerprint density at radius 3 is 2.47 bits per heavy atom. The van der Waals surface area contributed by atoms with Crippen LogP contribution in [0.1, 0.15) is 24.0 Å². The Morgan fingerprint density at radius 1 is 1.13 bits per heavy atom. The van der Waals surface area contributed by atoms with Gasteiger partial charge in [-0.25, -0.2) is 18.6 Å². The molecule has 3 fully saturated rings. The summed E-state index contributed by atoms with van der Waals surface area (Å²) >= 11 is 6.61. The standard InChI is InChI=1S/C26H26ClFN6O3S/c27-20-2-1-3-21(32-38(36)19-6-4-17(5-7-19)26(35)15-37-16-26)22(20)23(29)34-11-10-33(14-25(34)8-9-25)24-30-12-18(28)13-31-24/h1-7,12-13,29,32,35H,8-11,14-16H2. The van der Waals surface area contributed by atoms with Crippen LogP contribution in [0.25, 0.3) is 0 Å². The van der Waals surface area contributed by atoms with Crippen molar-refractivity contribution in [1.29, 1.82) is 5.41 Å². The second-order valence-electron chi connectivity index (χ2n) is 9.93. The van der Waals surface area contributed by atoms with E-state index < -0.39 is 22.4 Å². The van der Waals surface area contributed by atoms with E-state index in [9.17, 15) is 13.7 Å². The van der Waals surface area contributed by atoms with Crippen molar-refractivity contribution >= 4 is 40.1 Å². The quantitative estimate of drug-likeness (QED) is 0.315. The van der Waals surface area contributed by atoms with Crippen LogP contribution in [0.4, 0.5) is 16.0 Å². The summed E-state index contributed by atoms with van der Waals surface area (Å²) in [4.78, 5) is 12.8. The van der Waals surface area contributed by atoms with E-state index in [0.29, 0.717) is 46.8 Å². The summed E-state index contributed by atoms with van der Waals surface area (Å²) in [6.07, 6.45) is 4.12. The van der Waals surface area contributed by atoms with Crippen molar-refractivity contribution in [1.82, 2.24) is 14.9 Å². The number of nitrogens with zero attached hydrogens (tertiary/aromatic N) is 4. The molecule has 1 spiro atoms. The lowest BCUT2D eigenvalue weighted by molar-refractivity contribution is -0.184. The van der Waals surface area contributed by atoms with Gasteiger partial charge in [0.1, 0.15) is 22.4 Å². The predicted octanol–water partition coefficient (Wildman–Crippen LogP) is 3.30. The predicted molar refractivity (Wildman–Crippen MR) is 142 cm³/mol. The van der Waals surface area contributed by atoms with Gasteiger partial charge < -0.3 is 24.4 Å². The summed E-state index contributed by atoms with van der Waals surface area (Å²) in [5.74, 6) is 0.254. The number of rotatable bonds is 6. The third-order valence-electron chi connectivity index (χ3n) is 7.38. The smallest absolute Gasteiger partial charge is 0.225 e. The van der Waals surface area contributed by atoms with Gasteiger partial charge in [-0.1, -0.05) is 29.8 Å². The number of hydrogen-bond acceptors (Lipinski definition) is 7. The number of nitrogens with one attached hydrogen (secondary N) is 2. The fourth-order valence-electron chi connectivity index (χ4n) is 5.03. The van der Waals surface area contributed by atoms with Gasteiger partial charge in [0.2, 0.25) is 5.95 Å². The van der Waals surface area contributed by atoms with Crippen molar-refractivity contribution in [2.45, 2.75) is 28.9 Å². The summed E-state index contributed by atoms with van der Waals surface area (Å²) in [7, 11) is -1.62. The molecule has 2 aliphatic heterocycles. The summed E-state index contributed by atoms with van der Waals surface area (Å²) in [6, 6.07) is 12.2. The Labute approximate surface area is 226 Å². The Bertz CT molecular complexity index is 1400. The van der Waals surface area contributed by atoms with Crippen LogP contribution in [-0.2, 0) is 21.3 Å². The highest BCUT2D eigenvalue weighted by molar-refractivity contribution is 7.86. The van der Waals surface area contributed by atoms with Crippen LogP contribution in [-0.4, -0.2) is 68.4 Å². The summed E-state index contributed by atoms with van der Waals surface area (Å²) < 4.78 is 34.7. The zero-order valence-electron chi connectivity index (χ0n) is 20.4. The normalized spacial score (nSPS) is 20.1. The van der Waals surface area contributed by atoms with Gasteiger partial charge in [-0.15, -0.1) is 0 Å². The molecule has 1 saturated carbocycles. The Kier molecular flexibility index (Phi) is 6.34. The maximum atomic E-state index is 13.3. The molecule has 198 valence electrons. The van der Waals surface area contributed by atoms with Gasteiger partial charge in [0, 0.05) is 19.6 Å². The van der Waals surface area contributed by atoms with Gasteiger partial charge in [0.25, 0.3) is 0 Å². The fourth-order valence-corrected chi connectivity index (χ4v) is 6.17. The third-order valence-corrected chi connectivity index (χ3v) is 8.80. The molecule has 6 rings (SSSR count). The number of anilines is 2. The van der Waals surface area contributed by atoms with E-state index in [1.165, 1.54) is 0 Å². The molecule has 2 saturated heterocycles. The van der Waals surface area contributed by atoms with Crippen molar-refractivity contribution in [2.24, 2.45) is 0 Å². The van der Waals surface area contributed by atoms with Gasteiger partial charge in [-0.2, -0.15) is 0 Å². The number of aliphatic hydroxyl groups is 1. The second kappa shape index (κ2) is 9.57. The molecule has 3 N–H and O–H groups in total. The van der Waals surface area contributed by atoms with Crippen LogP contribution in [0.2, 0.25) is 5.02 Å². The van der Waals surface area contributed by atoms with Crippen molar-refractivity contribution in [3.8, 4) is 0 Å². The number of aromatic nitrogens is 2. The van der Waals surface area contributed by atoms with E-state index in [1.54, 1.807) is 42.5 Å². The molecule has 1 atom stereocenters. The Hall–Kier alpha value is -3.12. The Morgan fingerprint density at radius 2 is 1.84 bits per heavy atom. The molecule has 9 nitrogen and oxygen atoms in total. The molecule has 1 aromatic heterocycles. The number of ether oxygens (including phenoxy) is 1. The highest BCUT2D eigenvalue weighted by Gasteiger charge is 2.53. The highest BCUT2D eigenvalue weighted by Crippen LogP contribution is 2.46. The highest BCUT2D eigenvalue weighted by atomic mass is 35.5. The zero-order valence-corrected chi connectivity index (χ0v) is 21.9. The van der Waals surface area contributed by atoms with Crippen LogP contribution in [0, 0.1) is 11.2 Å². The fraction of sp³-hybridized carbons (Fsp3) is 0.346. The largest absolute Gasteiger partial charge is 0.380 e. The average Bonchev–Trinajstić information content (AvgIpc) is 3.66. The SMILES string of the molecule is N=C(c1c(Cl)cccc1NS(=O)c1ccc(C2(O)COC2)cc1)N1CCN(c2ncc(F)cn2)CC12CC2. The average molecular weight is 557 g/mol. The summed E-state index contributed by atoms with van der Waals surface area (Å²) in [5.41, 5.74) is 0.446. The first-order valence-corrected chi connectivity index (χ1v) is 13.8. The molecule has 0 amide bonds. The number of piperazine rings is 1. The zero-order chi connectivity index (χ0) is 26.5. The maximum Gasteiger partial charge on any atom is 0.225 e. The minimum Gasteiger partial charge on any atom is -0.380 e. The molecule has 3 aliphatic rings. The number of amidine groups is 1. The van der Waals surface area contributed by atoms with Crippen LogP contribution in [0.5, 0.6) is 0 Å². The molecule has 0 bridgehead atoms. The summed E-state index contributed by atoms with van der Waals surface area (Å²) in [6.45, 7) is 2.21. The molecular weight excluding hydrogens is 531 g/mol. The first-order chi connectivity index (χ1) is 18.3. The molecule has 12 heteroatoms.